The van der Waals surface area contributed by atoms with Gasteiger partial charge in [-0.15, -0.1) is 0 Å². The number of hydrogen-bond acceptors (Lipinski definition) is 7. The van der Waals surface area contributed by atoms with E-state index in [1.165, 1.54) is 42.4 Å². The summed E-state index contributed by atoms with van der Waals surface area (Å²) < 4.78 is 1.45. The molecule has 0 saturated carbocycles. The molecule has 2 aromatic heterocycles. The molecule has 0 aromatic carbocycles. The van der Waals surface area contributed by atoms with Crippen LogP contribution in [0.3, 0.4) is 0 Å². The molecule has 2 rings (SSSR count). The molecule has 0 bridgehead atoms. The Morgan fingerprint density at radius 1 is 1.19 bits per heavy atom. The van der Waals surface area contributed by atoms with Gasteiger partial charge in [-0.05, 0) is 36.5 Å². The molecular weight excluding hydrogens is 310 g/mol. The molecule has 0 atom stereocenters. The molecule has 0 unspecified atom stereocenters. The van der Waals surface area contributed by atoms with Crippen molar-refractivity contribution in [3.05, 3.63) is 17.9 Å². The van der Waals surface area contributed by atoms with Crippen molar-refractivity contribution in [3.63, 3.8) is 0 Å². The maximum atomic E-state index is 5.90. The zero-order valence-corrected chi connectivity index (χ0v) is 13.4. The van der Waals surface area contributed by atoms with E-state index in [1.54, 1.807) is 0 Å². The summed E-state index contributed by atoms with van der Waals surface area (Å²) in [6.07, 6.45) is 9.87. The van der Waals surface area contributed by atoms with Crippen molar-refractivity contribution in [1.29, 1.82) is 0 Å². The van der Waals surface area contributed by atoms with Crippen LogP contribution < -0.4 is 5.32 Å². The maximum absolute atomic E-state index is 5.90. The maximum Gasteiger partial charge on any atom is 0.258 e. The molecule has 0 saturated heterocycles. The van der Waals surface area contributed by atoms with Crippen LogP contribution in [-0.2, 0) is 0 Å². The summed E-state index contributed by atoms with van der Waals surface area (Å²) in [7, 11) is 0. The molecule has 2 aromatic rings. The third-order valence-corrected chi connectivity index (χ3v) is 3.64. The Balaban J connectivity index is 1.81. The molecule has 0 fully saturated rings. The van der Waals surface area contributed by atoms with Gasteiger partial charge in [-0.2, -0.15) is 36.5 Å². The summed E-state index contributed by atoms with van der Waals surface area (Å²) in [4.78, 5) is 16.2. The molecule has 7 nitrogen and oxygen atoms in total. The minimum Gasteiger partial charge on any atom is -0.354 e. The van der Waals surface area contributed by atoms with Gasteiger partial charge >= 0.3 is 0 Å². The normalized spacial score (nSPS) is 10.8. The Morgan fingerprint density at radius 3 is 2.81 bits per heavy atom. The van der Waals surface area contributed by atoms with Crippen molar-refractivity contribution < 1.29 is 0 Å². The van der Waals surface area contributed by atoms with Crippen LogP contribution in [0.4, 0.5) is 5.95 Å². The molecule has 0 spiro atoms. The topological polar surface area (TPSA) is 81.4 Å². The van der Waals surface area contributed by atoms with Crippen molar-refractivity contribution in [2.45, 2.75) is 25.7 Å². The number of anilines is 1. The lowest BCUT2D eigenvalue weighted by Crippen LogP contribution is -2.10. The lowest BCUT2D eigenvalue weighted by atomic mass is 10.2. The summed E-state index contributed by atoms with van der Waals surface area (Å²) in [6, 6.07) is 0. The highest BCUT2D eigenvalue weighted by Gasteiger charge is 2.06. The van der Waals surface area contributed by atoms with Crippen LogP contribution in [0.15, 0.2) is 12.7 Å². The van der Waals surface area contributed by atoms with Gasteiger partial charge in [0.2, 0.25) is 11.2 Å². The van der Waals surface area contributed by atoms with Crippen molar-refractivity contribution in [2.75, 3.05) is 23.9 Å². The Kier molecular flexibility index (Phi) is 6.68. The van der Waals surface area contributed by atoms with E-state index in [0.29, 0.717) is 11.9 Å². The predicted molar refractivity (Wildman–Crippen MR) is 85.1 cm³/mol. The third-order valence-electron chi connectivity index (χ3n) is 2.78. The smallest absolute Gasteiger partial charge is 0.258 e. The quantitative estimate of drug-likeness (QED) is 0.708. The summed E-state index contributed by atoms with van der Waals surface area (Å²) in [5.41, 5.74) is 0. The number of aromatic nitrogens is 6. The van der Waals surface area contributed by atoms with E-state index < -0.39 is 0 Å². The fourth-order valence-corrected chi connectivity index (χ4v) is 2.41. The number of rotatable bonds is 9. The van der Waals surface area contributed by atoms with Crippen LogP contribution in [-0.4, -0.2) is 48.3 Å². The monoisotopic (exact) mass is 327 g/mol. The summed E-state index contributed by atoms with van der Waals surface area (Å²) in [6.45, 7) is 0.816. The standard InChI is InChI=1S/C12H18ClN7S/c1-21-7-5-3-2-4-6-15-11-17-10(13)18-12(19-11)20-9-14-8-16-20/h8-9H,2-7H2,1H3,(H,15,17,18,19). The third kappa shape index (κ3) is 5.47. The van der Waals surface area contributed by atoms with Crippen molar-refractivity contribution in [2.24, 2.45) is 0 Å². The van der Waals surface area contributed by atoms with E-state index in [-0.39, 0.29) is 5.28 Å². The Bertz CT molecular complexity index is 534. The largest absolute Gasteiger partial charge is 0.354 e. The second kappa shape index (κ2) is 8.78. The van der Waals surface area contributed by atoms with Gasteiger partial charge in [0.25, 0.3) is 5.95 Å². The van der Waals surface area contributed by atoms with Crippen LogP contribution >= 0.6 is 23.4 Å². The summed E-state index contributed by atoms with van der Waals surface area (Å²) in [5, 5.41) is 7.27. The van der Waals surface area contributed by atoms with Gasteiger partial charge in [-0.1, -0.05) is 12.8 Å². The summed E-state index contributed by atoms with van der Waals surface area (Å²) >= 11 is 7.79. The molecule has 1 N–H and O–H groups in total. The van der Waals surface area contributed by atoms with Gasteiger partial charge in [-0.25, -0.2) is 4.98 Å². The van der Waals surface area contributed by atoms with Crippen molar-refractivity contribution >= 4 is 29.3 Å². The molecule has 21 heavy (non-hydrogen) atoms. The average Bonchev–Trinajstić information content (AvgIpc) is 3.00. The molecule has 9 heteroatoms. The highest BCUT2D eigenvalue weighted by Crippen LogP contribution is 2.09. The van der Waals surface area contributed by atoms with Crippen LogP contribution in [0.1, 0.15) is 25.7 Å². The number of hydrogen-bond donors (Lipinski definition) is 1. The zero-order valence-electron chi connectivity index (χ0n) is 11.9. The molecule has 2 heterocycles. The minimum absolute atomic E-state index is 0.137. The molecular formula is C12H18ClN7S. The van der Waals surface area contributed by atoms with Gasteiger partial charge in [0.15, 0.2) is 0 Å². The molecule has 0 aliphatic heterocycles. The fraction of sp³-hybridized carbons (Fsp3) is 0.583. The zero-order chi connectivity index (χ0) is 14.9. The van der Waals surface area contributed by atoms with Crippen LogP contribution in [0.2, 0.25) is 5.28 Å². The Morgan fingerprint density at radius 2 is 2.05 bits per heavy atom. The Hall–Kier alpha value is -1.41. The number of unbranched alkanes of at least 4 members (excludes halogenated alkanes) is 3. The highest BCUT2D eigenvalue weighted by atomic mass is 35.5. The second-order valence-corrected chi connectivity index (χ2v) is 5.73. The number of nitrogens with one attached hydrogen (secondary N) is 1. The first kappa shape index (κ1) is 16.0. The van der Waals surface area contributed by atoms with E-state index in [0.717, 1.165) is 13.0 Å². The molecule has 0 amide bonds. The van der Waals surface area contributed by atoms with Crippen LogP contribution in [0.5, 0.6) is 0 Å². The molecule has 0 radical (unpaired) electrons. The van der Waals surface area contributed by atoms with Crippen molar-refractivity contribution in [1.82, 2.24) is 29.7 Å². The molecule has 0 aliphatic carbocycles. The summed E-state index contributed by atoms with van der Waals surface area (Å²) in [5.74, 6) is 2.05. The Labute approximate surface area is 133 Å². The first-order valence-corrected chi connectivity index (χ1v) is 8.56. The fourth-order valence-electron chi connectivity index (χ4n) is 1.76. The molecule has 114 valence electrons. The number of thioether (sulfide) groups is 1. The predicted octanol–water partition coefficient (Wildman–Crippen LogP) is 2.44. The van der Waals surface area contributed by atoms with Crippen molar-refractivity contribution in [3.8, 4) is 5.95 Å². The van der Waals surface area contributed by atoms with Gasteiger partial charge in [-0.3, -0.25) is 0 Å². The van der Waals surface area contributed by atoms with Gasteiger partial charge in [0.05, 0.1) is 0 Å². The van der Waals surface area contributed by atoms with E-state index in [4.69, 9.17) is 11.6 Å². The average molecular weight is 328 g/mol. The van der Waals surface area contributed by atoms with E-state index >= 15 is 0 Å². The van der Waals surface area contributed by atoms with E-state index in [1.807, 2.05) is 11.8 Å². The van der Waals surface area contributed by atoms with Crippen LogP contribution in [0, 0.1) is 0 Å². The first-order chi connectivity index (χ1) is 10.3. The van der Waals surface area contributed by atoms with Crippen LogP contribution in [0.25, 0.3) is 5.95 Å². The van der Waals surface area contributed by atoms with Gasteiger partial charge in [0.1, 0.15) is 12.7 Å². The van der Waals surface area contributed by atoms with Gasteiger partial charge < -0.3 is 5.32 Å². The lowest BCUT2D eigenvalue weighted by Gasteiger charge is -2.06. The minimum atomic E-state index is 0.137. The van der Waals surface area contributed by atoms with Gasteiger partial charge in [0, 0.05) is 6.54 Å². The number of halogens is 1. The van der Waals surface area contributed by atoms with E-state index in [9.17, 15) is 0 Å². The lowest BCUT2D eigenvalue weighted by molar-refractivity contribution is 0.686. The van der Waals surface area contributed by atoms with E-state index in [2.05, 4.69) is 36.6 Å². The number of nitrogens with zero attached hydrogens (tertiary/aromatic N) is 6. The first-order valence-electron chi connectivity index (χ1n) is 6.79. The second-order valence-electron chi connectivity index (χ2n) is 4.40. The SMILES string of the molecule is CSCCCCCCNc1nc(Cl)nc(-n2cncn2)n1. The highest BCUT2D eigenvalue weighted by molar-refractivity contribution is 7.98. The molecule has 0 aliphatic rings.